The van der Waals surface area contributed by atoms with Gasteiger partial charge in [-0.1, -0.05) is 6.07 Å². The molecule has 0 aliphatic carbocycles. The topological polar surface area (TPSA) is 127 Å². The van der Waals surface area contributed by atoms with Gasteiger partial charge in [0, 0.05) is 71.8 Å². The fraction of sp³-hybridized carbons (Fsp3) is 0.273. The fourth-order valence-corrected chi connectivity index (χ4v) is 6.59. The maximum atomic E-state index is 12.9. The molecule has 0 bridgehead atoms. The van der Waals surface area contributed by atoms with Gasteiger partial charge in [0.1, 0.15) is 11.5 Å². The molecule has 0 amide bonds. The van der Waals surface area contributed by atoms with Crippen LogP contribution in [-0.4, -0.2) is 65.0 Å². The van der Waals surface area contributed by atoms with E-state index in [0.29, 0.717) is 17.9 Å². The van der Waals surface area contributed by atoms with Crippen molar-refractivity contribution in [3.8, 4) is 11.5 Å². The van der Waals surface area contributed by atoms with Crippen LogP contribution in [0.2, 0.25) is 0 Å². The molecule has 0 atom stereocenters. The lowest BCUT2D eigenvalue weighted by atomic mass is 10.1. The standard InChI is InChI=1S/C33H32N4O7S/c38-32-11-7-23-6-9-26(21-29(23)36(32)22-24-20-25(37(41)42)8-10-30(24)44-33(39)40)43-18-2-1-13-34-14-16-35(17-15-34)28-4-3-5-31-27(28)12-19-45-31/h3-12,19-21H,1-2,13-18,22H2,(H,39,40). The minimum atomic E-state index is -1.56. The van der Waals surface area contributed by atoms with Crippen LogP contribution in [0, 0.1) is 10.1 Å². The number of nitrogens with zero attached hydrogens (tertiary/aromatic N) is 4. The molecule has 45 heavy (non-hydrogen) atoms. The van der Waals surface area contributed by atoms with Crippen LogP contribution < -0.4 is 19.9 Å². The number of non-ortho nitro benzene ring substituents is 1. The van der Waals surface area contributed by atoms with E-state index in [1.165, 1.54) is 38.5 Å². The van der Waals surface area contributed by atoms with Gasteiger partial charge in [-0.3, -0.25) is 19.8 Å². The van der Waals surface area contributed by atoms with E-state index >= 15 is 0 Å². The zero-order valence-electron chi connectivity index (χ0n) is 24.5. The number of ether oxygens (including phenoxy) is 2. The highest BCUT2D eigenvalue weighted by molar-refractivity contribution is 7.17. The molecule has 1 aliphatic rings. The van der Waals surface area contributed by atoms with E-state index in [9.17, 15) is 19.7 Å². The summed E-state index contributed by atoms with van der Waals surface area (Å²) in [4.78, 5) is 39.9. The number of unbranched alkanes of at least 4 members (excludes halogenated alkanes) is 1. The predicted molar refractivity (Wildman–Crippen MR) is 174 cm³/mol. The molecule has 3 heterocycles. The summed E-state index contributed by atoms with van der Waals surface area (Å²) in [5.74, 6) is 0.518. The second kappa shape index (κ2) is 13.4. The molecule has 1 fully saturated rings. The number of carboxylic acid groups (broad SMARTS) is 1. The second-order valence-corrected chi connectivity index (χ2v) is 11.8. The van der Waals surface area contributed by atoms with Gasteiger partial charge in [-0.2, -0.15) is 0 Å². The van der Waals surface area contributed by atoms with Crippen molar-refractivity contribution < 1.29 is 24.3 Å². The number of benzene rings is 3. The van der Waals surface area contributed by atoms with Crippen LogP contribution in [0.5, 0.6) is 11.5 Å². The summed E-state index contributed by atoms with van der Waals surface area (Å²) in [7, 11) is 0. The van der Waals surface area contributed by atoms with Crippen LogP contribution in [0.1, 0.15) is 18.4 Å². The van der Waals surface area contributed by atoms with Crippen LogP contribution in [0.4, 0.5) is 16.2 Å². The minimum Gasteiger partial charge on any atom is -0.494 e. The fourth-order valence-electron chi connectivity index (χ4n) is 5.78. The molecule has 0 unspecified atom stereocenters. The second-order valence-electron chi connectivity index (χ2n) is 10.9. The smallest absolute Gasteiger partial charge is 0.494 e. The van der Waals surface area contributed by atoms with E-state index < -0.39 is 11.1 Å². The van der Waals surface area contributed by atoms with Gasteiger partial charge in [-0.25, -0.2) is 4.79 Å². The SMILES string of the molecule is O=C(O)Oc1ccc([N+](=O)[O-])cc1Cn1c(=O)ccc2ccc(OCCCCN3CCN(c4cccc5sccc45)CC3)cc21. The molecular formula is C33H32N4O7S. The summed E-state index contributed by atoms with van der Waals surface area (Å²) in [5, 5.41) is 24.7. The van der Waals surface area contributed by atoms with Crippen molar-refractivity contribution in [2.24, 2.45) is 0 Å². The Balaban J connectivity index is 1.05. The van der Waals surface area contributed by atoms with Crippen LogP contribution in [0.25, 0.3) is 21.0 Å². The predicted octanol–water partition coefficient (Wildman–Crippen LogP) is 6.21. The van der Waals surface area contributed by atoms with Crippen molar-refractivity contribution in [1.82, 2.24) is 9.47 Å². The number of carbonyl (C=O) groups is 1. The van der Waals surface area contributed by atoms with Crippen molar-refractivity contribution in [1.29, 1.82) is 0 Å². The minimum absolute atomic E-state index is 0.0781. The average Bonchev–Trinajstić information content (AvgIpc) is 3.52. The third-order valence-electron chi connectivity index (χ3n) is 8.07. The zero-order valence-corrected chi connectivity index (χ0v) is 25.3. The van der Waals surface area contributed by atoms with Gasteiger partial charge in [0.15, 0.2) is 0 Å². The molecule has 6 rings (SSSR count). The Hall–Kier alpha value is -4.94. The lowest BCUT2D eigenvalue weighted by molar-refractivity contribution is -0.384. The molecule has 0 spiro atoms. The van der Waals surface area contributed by atoms with Gasteiger partial charge in [-0.05, 0) is 72.6 Å². The molecule has 5 aromatic rings. The number of fused-ring (bicyclic) bond motifs is 2. The number of thiophene rings is 1. The Morgan fingerprint density at radius 3 is 2.60 bits per heavy atom. The van der Waals surface area contributed by atoms with Gasteiger partial charge in [0.05, 0.1) is 23.6 Å². The largest absolute Gasteiger partial charge is 0.511 e. The highest BCUT2D eigenvalue weighted by Gasteiger charge is 2.19. The number of aromatic nitrogens is 1. The number of anilines is 1. The summed E-state index contributed by atoms with van der Waals surface area (Å²) >= 11 is 1.78. The van der Waals surface area contributed by atoms with Crippen molar-refractivity contribution in [2.45, 2.75) is 19.4 Å². The Labute approximate surface area is 262 Å². The van der Waals surface area contributed by atoms with Gasteiger partial charge >= 0.3 is 6.16 Å². The van der Waals surface area contributed by atoms with Crippen LogP contribution in [0.3, 0.4) is 0 Å². The lowest BCUT2D eigenvalue weighted by Crippen LogP contribution is -2.46. The molecule has 11 nitrogen and oxygen atoms in total. The van der Waals surface area contributed by atoms with E-state index in [-0.39, 0.29) is 29.1 Å². The third kappa shape index (κ3) is 6.92. The Bertz CT molecular complexity index is 1910. The molecule has 3 aromatic carbocycles. The molecule has 1 N–H and O–H groups in total. The maximum absolute atomic E-state index is 12.9. The summed E-state index contributed by atoms with van der Waals surface area (Å²) in [5.41, 5.74) is 1.49. The normalized spacial score (nSPS) is 13.7. The summed E-state index contributed by atoms with van der Waals surface area (Å²) in [6.07, 6.45) is 0.315. The van der Waals surface area contributed by atoms with Crippen LogP contribution >= 0.6 is 11.3 Å². The van der Waals surface area contributed by atoms with Crippen molar-refractivity contribution in [3.63, 3.8) is 0 Å². The Morgan fingerprint density at radius 2 is 1.80 bits per heavy atom. The average molecular weight is 629 g/mol. The quantitative estimate of drug-likeness (QED) is 0.0597. The number of pyridine rings is 1. The first-order chi connectivity index (χ1) is 21.9. The first-order valence-corrected chi connectivity index (χ1v) is 15.6. The van der Waals surface area contributed by atoms with E-state index in [1.54, 1.807) is 23.5 Å². The number of hydrogen-bond acceptors (Lipinski definition) is 9. The first-order valence-electron chi connectivity index (χ1n) is 14.7. The number of nitro benzene ring substituents is 1. The molecular weight excluding hydrogens is 596 g/mol. The maximum Gasteiger partial charge on any atom is 0.511 e. The van der Waals surface area contributed by atoms with Crippen molar-refractivity contribution in [2.75, 3.05) is 44.2 Å². The highest BCUT2D eigenvalue weighted by atomic mass is 32.1. The summed E-state index contributed by atoms with van der Waals surface area (Å²) in [6, 6.07) is 20.9. The molecule has 0 saturated carbocycles. The number of rotatable bonds is 11. The number of piperazine rings is 1. The van der Waals surface area contributed by atoms with E-state index in [1.807, 2.05) is 12.1 Å². The van der Waals surface area contributed by atoms with Gasteiger partial charge in [-0.15, -0.1) is 11.3 Å². The lowest BCUT2D eigenvalue weighted by Gasteiger charge is -2.36. The van der Waals surface area contributed by atoms with E-state index in [0.717, 1.165) is 57.0 Å². The molecule has 0 radical (unpaired) electrons. The zero-order chi connectivity index (χ0) is 31.3. The molecule has 12 heteroatoms. The van der Waals surface area contributed by atoms with Crippen molar-refractivity contribution >= 4 is 49.9 Å². The van der Waals surface area contributed by atoms with Crippen LogP contribution in [-0.2, 0) is 6.54 Å². The third-order valence-corrected chi connectivity index (χ3v) is 8.95. The van der Waals surface area contributed by atoms with E-state index in [2.05, 4.69) is 39.4 Å². The Morgan fingerprint density at radius 1 is 0.978 bits per heavy atom. The van der Waals surface area contributed by atoms with Gasteiger partial charge in [0.2, 0.25) is 0 Å². The van der Waals surface area contributed by atoms with Crippen LogP contribution in [0.15, 0.2) is 83.0 Å². The number of hydrogen-bond donors (Lipinski definition) is 1. The molecule has 2 aromatic heterocycles. The van der Waals surface area contributed by atoms with E-state index in [4.69, 9.17) is 14.6 Å². The summed E-state index contributed by atoms with van der Waals surface area (Å²) < 4.78 is 13.6. The Kier molecular flexibility index (Phi) is 8.94. The van der Waals surface area contributed by atoms with Gasteiger partial charge in [0.25, 0.3) is 11.2 Å². The molecule has 232 valence electrons. The van der Waals surface area contributed by atoms with Crippen molar-refractivity contribution in [3.05, 3.63) is 104 Å². The molecule has 1 aliphatic heterocycles. The summed E-state index contributed by atoms with van der Waals surface area (Å²) in [6.45, 7) is 5.45. The number of nitro groups is 1. The highest BCUT2D eigenvalue weighted by Crippen LogP contribution is 2.31. The monoisotopic (exact) mass is 628 g/mol. The molecule has 1 saturated heterocycles. The van der Waals surface area contributed by atoms with Gasteiger partial charge < -0.3 is 24.0 Å². The first kappa shape index (κ1) is 30.1.